The molecule has 0 fully saturated rings. The van der Waals surface area contributed by atoms with E-state index in [-0.39, 0.29) is 29.9 Å². The molecule has 0 aliphatic carbocycles. The lowest BCUT2D eigenvalue weighted by molar-refractivity contribution is 0.0954. The van der Waals surface area contributed by atoms with Crippen molar-refractivity contribution in [3.05, 3.63) is 65.2 Å². The largest absolute Gasteiger partial charge is 0.497 e. The predicted octanol–water partition coefficient (Wildman–Crippen LogP) is 2.72. The van der Waals surface area contributed by atoms with Crippen LogP contribution < -0.4 is 20.7 Å². The summed E-state index contributed by atoms with van der Waals surface area (Å²) in [5, 5.41) is 9.31. The molecule has 146 valence electrons. The molecule has 0 atom stereocenters. The van der Waals surface area contributed by atoms with Gasteiger partial charge in [-0.25, -0.2) is 0 Å². The highest BCUT2D eigenvalue weighted by Crippen LogP contribution is 2.10. The third-order valence-electron chi connectivity index (χ3n) is 3.82. The highest BCUT2D eigenvalue weighted by molar-refractivity contribution is 14.0. The number of amides is 1. The maximum Gasteiger partial charge on any atom is 0.251 e. The molecule has 1 amide bonds. The summed E-state index contributed by atoms with van der Waals surface area (Å²) in [6, 6.07) is 15.3. The number of carbonyl (C=O) groups is 1. The van der Waals surface area contributed by atoms with E-state index in [1.54, 1.807) is 38.4 Å². The molecule has 0 bridgehead atoms. The topological polar surface area (TPSA) is 74.8 Å². The second-order valence-electron chi connectivity index (χ2n) is 5.83. The van der Waals surface area contributed by atoms with Crippen LogP contribution in [0.2, 0.25) is 0 Å². The normalized spacial score (nSPS) is 10.6. The van der Waals surface area contributed by atoms with Gasteiger partial charge in [-0.2, -0.15) is 0 Å². The van der Waals surface area contributed by atoms with Crippen molar-refractivity contribution in [1.29, 1.82) is 0 Å². The van der Waals surface area contributed by atoms with Crippen molar-refractivity contribution in [3.8, 4) is 5.75 Å². The van der Waals surface area contributed by atoms with Crippen LogP contribution in [0.4, 0.5) is 0 Å². The highest BCUT2D eigenvalue weighted by Gasteiger charge is 2.05. The number of hydrogen-bond acceptors (Lipinski definition) is 3. The Bertz CT molecular complexity index is 748. The predicted molar refractivity (Wildman–Crippen MR) is 120 cm³/mol. The molecule has 0 heterocycles. The average molecular weight is 482 g/mol. The summed E-state index contributed by atoms with van der Waals surface area (Å²) in [6.45, 7) is 3.84. The molecular weight excluding hydrogens is 455 g/mol. The van der Waals surface area contributed by atoms with Gasteiger partial charge in [-0.3, -0.25) is 9.79 Å². The number of hydrogen-bond donors (Lipinski definition) is 3. The molecular formula is C20H27IN4O2. The minimum Gasteiger partial charge on any atom is -0.497 e. The molecule has 0 saturated carbocycles. The molecule has 6 nitrogen and oxygen atoms in total. The minimum absolute atomic E-state index is 0. The second-order valence-corrected chi connectivity index (χ2v) is 5.83. The van der Waals surface area contributed by atoms with E-state index in [2.05, 4.69) is 46.1 Å². The lowest BCUT2D eigenvalue weighted by Crippen LogP contribution is -2.41. The molecule has 2 aromatic rings. The van der Waals surface area contributed by atoms with Gasteiger partial charge in [0, 0.05) is 32.2 Å². The molecule has 0 radical (unpaired) electrons. The molecule has 3 N–H and O–H groups in total. The molecule has 2 rings (SSSR count). The second kappa shape index (κ2) is 12.2. The van der Waals surface area contributed by atoms with E-state index in [1.807, 2.05) is 6.07 Å². The zero-order valence-electron chi connectivity index (χ0n) is 15.9. The summed E-state index contributed by atoms with van der Waals surface area (Å²) in [5.41, 5.74) is 3.03. The SMILES string of the molecule is CN=C(NCCNC(=O)c1ccc(OC)cc1)NCc1cccc(C)c1.I. The van der Waals surface area contributed by atoms with E-state index in [1.165, 1.54) is 11.1 Å². The van der Waals surface area contributed by atoms with Crippen molar-refractivity contribution in [2.24, 2.45) is 4.99 Å². The Labute approximate surface area is 177 Å². The van der Waals surface area contributed by atoms with Gasteiger partial charge in [0.05, 0.1) is 7.11 Å². The van der Waals surface area contributed by atoms with Gasteiger partial charge in [0.25, 0.3) is 5.91 Å². The molecule has 2 aromatic carbocycles. The van der Waals surface area contributed by atoms with Gasteiger partial charge in [0.15, 0.2) is 5.96 Å². The zero-order chi connectivity index (χ0) is 18.8. The zero-order valence-corrected chi connectivity index (χ0v) is 18.2. The van der Waals surface area contributed by atoms with Crippen molar-refractivity contribution in [1.82, 2.24) is 16.0 Å². The van der Waals surface area contributed by atoms with Crippen molar-refractivity contribution in [2.45, 2.75) is 13.5 Å². The molecule has 0 aliphatic heterocycles. The third-order valence-corrected chi connectivity index (χ3v) is 3.82. The first-order chi connectivity index (χ1) is 12.6. The average Bonchev–Trinajstić information content (AvgIpc) is 2.67. The number of aliphatic imine (C=N–C) groups is 1. The number of ether oxygens (including phenoxy) is 1. The Hall–Kier alpha value is -2.29. The van der Waals surface area contributed by atoms with Gasteiger partial charge in [0.1, 0.15) is 5.75 Å². The van der Waals surface area contributed by atoms with Gasteiger partial charge >= 0.3 is 0 Å². The quantitative estimate of drug-likeness (QED) is 0.246. The van der Waals surface area contributed by atoms with Gasteiger partial charge in [0.2, 0.25) is 0 Å². The maximum atomic E-state index is 12.1. The fourth-order valence-corrected chi connectivity index (χ4v) is 2.43. The van der Waals surface area contributed by atoms with E-state index in [0.717, 1.165) is 5.75 Å². The molecule has 7 heteroatoms. The monoisotopic (exact) mass is 482 g/mol. The van der Waals surface area contributed by atoms with Gasteiger partial charge in [-0.15, -0.1) is 24.0 Å². The Morgan fingerprint density at radius 2 is 1.74 bits per heavy atom. The molecule has 0 unspecified atom stereocenters. The minimum atomic E-state index is -0.114. The Balaban J connectivity index is 0.00000364. The van der Waals surface area contributed by atoms with Crippen LogP contribution in [-0.2, 0) is 6.54 Å². The van der Waals surface area contributed by atoms with Gasteiger partial charge in [-0.1, -0.05) is 29.8 Å². The number of nitrogens with one attached hydrogen (secondary N) is 3. The number of guanidine groups is 1. The maximum absolute atomic E-state index is 12.1. The van der Waals surface area contributed by atoms with E-state index < -0.39 is 0 Å². The Kier molecular flexibility index (Phi) is 10.2. The molecule has 0 saturated heterocycles. The van der Waals surface area contributed by atoms with Crippen LogP contribution in [0, 0.1) is 6.92 Å². The van der Waals surface area contributed by atoms with Crippen molar-refractivity contribution < 1.29 is 9.53 Å². The summed E-state index contributed by atoms with van der Waals surface area (Å²) in [4.78, 5) is 16.3. The molecule has 27 heavy (non-hydrogen) atoms. The molecule has 0 aromatic heterocycles. The number of methoxy groups -OCH3 is 1. The number of rotatable bonds is 7. The highest BCUT2D eigenvalue weighted by atomic mass is 127. The van der Waals surface area contributed by atoms with Crippen LogP contribution in [0.1, 0.15) is 21.5 Å². The molecule has 0 aliphatic rings. The lowest BCUT2D eigenvalue weighted by atomic mass is 10.1. The number of carbonyl (C=O) groups excluding carboxylic acids is 1. The van der Waals surface area contributed by atoms with Gasteiger partial charge < -0.3 is 20.7 Å². The summed E-state index contributed by atoms with van der Waals surface area (Å²) < 4.78 is 5.09. The van der Waals surface area contributed by atoms with Crippen LogP contribution in [-0.4, -0.2) is 39.1 Å². The van der Waals surface area contributed by atoms with Crippen molar-refractivity contribution in [3.63, 3.8) is 0 Å². The summed E-state index contributed by atoms with van der Waals surface area (Å²) >= 11 is 0. The smallest absolute Gasteiger partial charge is 0.251 e. The fraction of sp³-hybridized carbons (Fsp3) is 0.300. The lowest BCUT2D eigenvalue weighted by Gasteiger charge is -2.13. The first-order valence-corrected chi connectivity index (χ1v) is 8.54. The van der Waals surface area contributed by atoms with E-state index >= 15 is 0 Å². The standard InChI is InChI=1S/C20H26N4O2.HI/c1-15-5-4-6-16(13-15)14-24-20(21-2)23-12-11-22-19(25)17-7-9-18(26-3)10-8-17;/h4-10,13H,11-12,14H2,1-3H3,(H,22,25)(H2,21,23,24);1H. The van der Waals surface area contributed by atoms with E-state index in [9.17, 15) is 4.79 Å². The van der Waals surface area contributed by atoms with E-state index in [4.69, 9.17) is 4.74 Å². The number of aryl methyl sites for hydroxylation is 1. The summed E-state index contributed by atoms with van der Waals surface area (Å²) in [6.07, 6.45) is 0. The first-order valence-electron chi connectivity index (χ1n) is 8.54. The number of nitrogens with zero attached hydrogens (tertiary/aromatic N) is 1. The van der Waals surface area contributed by atoms with Crippen molar-refractivity contribution in [2.75, 3.05) is 27.2 Å². The number of halogens is 1. The Morgan fingerprint density at radius 3 is 2.37 bits per heavy atom. The van der Waals surface area contributed by atoms with Crippen LogP contribution >= 0.6 is 24.0 Å². The third kappa shape index (κ3) is 7.86. The van der Waals surface area contributed by atoms with E-state index in [0.29, 0.717) is 31.2 Å². The van der Waals surface area contributed by atoms with Gasteiger partial charge in [-0.05, 0) is 36.8 Å². The summed E-state index contributed by atoms with van der Waals surface area (Å²) in [7, 11) is 3.32. The van der Waals surface area contributed by atoms with Crippen LogP contribution in [0.3, 0.4) is 0 Å². The van der Waals surface area contributed by atoms with Crippen molar-refractivity contribution >= 4 is 35.8 Å². The first kappa shape index (κ1) is 22.8. The van der Waals surface area contributed by atoms with Crippen LogP contribution in [0.15, 0.2) is 53.5 Å². The van der Waals surface area contributed by atoms with Crippen LogP contribution in [0.25, 0.3) is 0 Å². The fourth-order valence-electron chi connectivity index (χ4n) is 2.43. The Morgan fingerprint density at radius 1 is 1.04 bits per heavy atom. The molecule has 0 spiro atoms. The summed E-state index contributed by atoms with van der Waals surface area (Å²) in [5.74, 6) is 1.31. The van der Waals surface area contributed by atoms with Crippen LogP contribution in [0.5, 0.6) is 5.75 Å². The number of benzene rings is 2.